The maximum atomic E-state index is 5.21. The standard InChI is InChI=1S/C24H20N6O2/c1-31-21-10-6-19(7-11-21)29-15-23(25-27-29)17-4-3-5-18(14-17)24-16-30(28-26-24)20-8-12-22(32-2)13-9-20/h3-16H,1-2H3. The average Bonchev–Trinajstić information content (AvgIpc) is 3.55. The van der Waals surface area contributed by atoms with Gasteiger partial charge in [-0.1, -0.05) is 28.6 Å². The molecule has 0 saturated heterocycles. The minimum absolute atomic E-state index is 0.769. The van der Waals surface area contributed by atoms with E-state index in [1.54, 1.807) is 23.6 Å². The zero-order valence-electron chi connectivity index (χ0n) is 17.6. The molecule has 0 amide bonds. The molecule has 0 aliphatic rings. The molecule has 2 aromatic heterocycles. The molecule has 2 heterocycles. The molecule has 5 rings (SSSR count). The molecule has 0 unspecified atom stereocenters. The largest absolute Gasteiger partial charge is 0.497 e. The molecule has 8 heteroatoms. The minimum atomic E-state index is 0.769. The van der Waals surface area contributed by atoms with Crippen LogP contribution in [0.3, 0.4) is 0 Å². The van der Waals surface area contributed by atoms with Crippen molar-refractivity contribution in [3.63, 3.8) is 0 Å². The Kier molecular flexibility index (Phi) is 5.09. The van der Waals surface area contributed by atoms with E-state index in [4.69, 9.17) is 9.47 Å². The fourth-order valence-electron chi connectivity index (χ4n) is 3.35. The molecular weight excluding hydrogens is 404 g/mol. The van der Waals surface area contributed by atoms with Crippen LogP contribution in [0.4, 0.5) is 0 Å². The number of aromatic nitrogens is 6. The van der Waals surface area contributed by atoms with E-state index < -0.39 is 0 Å². The fraction of sp³-hybridized carbons (Fsp3) is 0.0833. The van der Waals surface area contributed by atoms with Gasteiger partial charge in [-0.3, -0.25) is 0 Å². The summed E-state index contributed by atoms with van der Waals surface area (Å²) >= 11 is 0. The van der Waals surface area contributed by atoms with Crippen LogP contribution in [0.2, 0.25) is 0 Å². The quantitative estimate of drug-likeness (QED) is 0.406. The molecule has 158 valence electrons. The SMILES string of the molecule is COc1ccc(-n2cc(-c3cccc(-c4cn(-c5ccc(OC)cc5)nn4)c3)nn2)cc1. The van der Waals surface area contributed by atoms with Crippen LogP contribution in [0.1, 0.15) is 0 Å². The first-order valence-electron chi connectivity index (χ1n) is 9.98. The van der Waals surface area contributed by atoms with Crippen LogP contribution in [0.5, 0.6) is 11.5 Å². The Balaban J connectivity index is 1.40. The maximum absolute atomic E-state index is 5.21. The van der Waals surface area contributed by atoms with E-state index in [1.165, 1.54) is 0 Å². The second-order valence-electron chi connectivity index (χ2n) is 7.07. The molecule has 0 aliphatic carbocycles. The Morgan fingerprint density at radius 1 is 0.594 bits per heavy atom. The van der Waals surface area contributed by atoms with Crippen LogP contribution >= 0.6 is 0 Å². The van der Waals surface area contributed by atoms with Crippen molar-refractivity contribution in [3.8, 4) is 45.4 Å². The number of benzene rings is 3. The van der Waals surface area contributed by atoms with Gasteiger partial charge in [-0.15, -0.1) is 10.2 Å². The number of hydrogen-bond acceptors (Lipinski definition) is 6. The van der Waals surface area contributed by atoms with Gasteiger partial charge in [0.2, 0.25) is 0 Å². The summed E-state index contributed by atoms with van der Waals surface area (Å²) in [6.07, 6.45) is 3.80. The highest BCUT2D eigenvalue weighted by Gasteiger charge is 2.10. The molecule has 0 N–H and O–H groups in total. The van der Waals surface area contributed by atoms with Crippen LogP contribution < -0.4 is 9.47 Å². The van der Waals surface area contributed by atoms with E-state index in [2.05, 4.69) is 20.6 Å². The number of methoxy groups -OCH3 is 2. The predicted molar refractivity (Wildman–Crippen MR) is 120 cm³/mol. The van der Waals surface area contributed by atoms with Crippen LogP contribution in [-0.2, 0) is 0 Å². The van der Waals surface area contributed by atoms with E-state index in [-0.39, 0.29) is 0 Å². The molecule has 5 aromatic rings. The summed E-state index contributed by atoms with van der Waals surface area (Å²) in [6.45, 7) is 0. The summed E-state index contributed by atoms with van der Waals surface area (Å²) in [7, 11) is 3.29. The zero-order valence-corrected chi connectivity index (χ0v) is 17.6. The van der Waals surface area contributed by atoms with Crippen LogP contribution in [0.15, 0.2) is 85.2 Å². The summed E-state index contributed by atoms with van der Waals surface area (Å²) < 4.78 is 13.9. The molecule has 0 radical (unpaired) electrons. The maximum Gasteiger partial charge on any atom is 0.119 e. The lowest BCUT2D eigenvalue weighted by Gasteiger charge is -2.03. The van der Waals surface area contributed by atoms with Gasteiger partial charge in [0, 0.05) is 11.1 Å². The third kappa shape index (κ3) is 3.81. The molecule has 8 nitrogen and oxygen atoms in total. The van der Waals surface area contributed by atoms with Gasteiger partial charge in [0.05, 0.1) is 38.0 Å². The predicted octanol–water partition coefficient (Wildman–Crippen LogP) is 4.20. The number of hydrogen-bond donors (Lipinski definition) is 0. The zero-order chi connectivity index (χ0) is 21.9. The highest BCUT2D eigenvalue weighted by molar-refractivity contribution is 5.68. The third-order valence-corrected chi connectivity index (χ3v) is 5.11. The highest BCUT2D eigenvalue weighted by atomic mass is 16.5. The number of ether oxygens (including phenoxy) is 2. The van der Waals surface area contributed by atoms with E-state index in [1.807, 2.05) is 85.2 Å². The second-order valence-corrected chi connectivity index (χ2v) is 7.07. The fourth-order valence-corrected chi connectivity index (χ4v) is 3.35. The van der Waals surface area contributed by atoms with Gasteiger partial charge in [0.25, 0.3) is 0 Å². The Labute approximate surface area is 184 Å². The van der Waals surface area contributed by atoms with Crippen molar-refractivity contribution in [2.24, 2.45) is 0 Å². The highest BCUT2D eigenvalue weighted by Crippen LogP contribution is 2.25. The molecule has 0 atom stereocenters. The van der Waals surface area contributed by atoms with Crippen LogP contribution in [0, 0.1) is 0 Å². The first kappa shape index (κ1) is 19.5. The van der Waals surface area contributed by atoms with Gasteiger partial charge in [-0.2, -0.15) is 0 Å². The normalized spacial score (nSPS) is 10.8. The Bertz CT molecular complexity index is 1240. The lowest BCUT2D eigenvalue weighted by Crippen LogP contribution is -1.94. The van der Waals surface area contributed by atoms with Crippen molar-refractivity contribution >= 4 is 0 Å². The second kappa shape index (κ2) is 8.35. The molecule has 0 aliphatic heterocycles. The Morgan fingerprint density at radius 3 is 1.44 bits per heavy atom. The van der Waals surface area contributed by atoms with E-state index >= 15 is 0 Å². The Morgan fingerprint density at radius 2 is 1.03 bits per heavy atom. The summed E-state index contributed by atoms with van der Waals surface area (Å²) in [4.78, 5) is 0. The van der Waals surface area contributed by atoms with E-state index in [0.29, 0.717) is 0 Å². The smallest absolute Gasteiger partial charge is 0.119 e. The minimum Gasteiger partial charge on any atom is -0.497 e. The molecule has 32 heavy (non-hydrogen) atoms. The first-order chi connectivity index (χ1) is 15.7. The van der Waals surface area contributed by atoms with Crippen molar-refractivity contribution in [1.82, 2.24) is 30.0 Å². The lowest BCUT2D eigenvalue weighted by atomic mass is 10.1. The summed E-state index contributed by atoms with van der Waals surface area (Å²) in [5.74, 6) is 1.59. The van der Waals surface area contributed by atoms with E-state index in [0.717, 1.165) is 45.4 Å². The molecule has 0 bridgehead atoms. The van der Waals surface area contributed by atoms with Crippen LogP contribution in [0.25, 0.3) is 33.9 Å². The third-order valence-electron chi connectivity index (χ3n) is 5.11. The molecule has 0 fully saturated rings. The summed E-state index contributed by atoms with van der Waals surface area (Å²) in [5.41, 5.74) is 5.24. The van der Waals surface area contributed by atoms with Gasteiger partial charge < -0.3 is 9.47 Å². The van der Waals surface area contributed by atoms with Crippen molar-refractivity contribution in [2.45, 2.75) is 0 Å². The van der Waals surface area contributed by atoms with E-state index in [9.17, 15) is 0 Å². The van der Waals surface area contributed by atoms with Crippen molar-refractivity contribution in [1.29, 1.82) is 0 Å². The topological polar surface area (TPSA) is 79.9 Å². The van der Waals surface area contributed by atoms with Gasteiger partial charge in [0.1, 0.15) is 22.9 Å². The number of nitrogens with zero attached hydrogens (tertiary/aromatic N) is 6. The van der Waals surface area contributed by atoms with Crippen molar-refractivity contribution < 1.29 is 9.47 Å². The monoisotopic (exact) mass is 424 g/mol. The van der Waals surface area contributed by atoms with Crippen LogP contribution in [-0.4, -0.2) is 44.2 Å². The summed E-state index contributed by atoms with van der Waals surface area (Å²) in [6, 6.07) is 23.3. The Hall–Kier alpha value is -4.46. The average molecular weight is 424 g/mol. The van der Waals surface area contributed by atoms with Gasteiger partial charge in [-0.25, -0.2) is 9.36 Å². The lowest BCUT2D eigenvalue weighted by molar-refractivity contribution is 0.414. The first-order valence-corrected chi connectivity index (χ1v) is 9.98. The van der Waals surface area contributed by atoms with Gasteiger partial charge in [0.15, 0.2) is 0 Å². The summed E-state index contributed by atoms with van der Waals surface area (Å²) in [5, 5.41) is 17.2. The molecule has 0 saturated carbocycles. The van der Waals surface area contributed by atoms with Crippen molar-refractivity contribution in [2.75, 3.05) is 14.2 Å². The molecule has 0 spiro atoms. The van der Waals surface area contributed by atoms with Gasteiger partial charge in [-0.05, 0) is 54.6 Å². The number of rotatable bonds is 6. The van der Waals surface area contributed by atoms with Crippen molar-refractivity contribution in [3.05, 3.63) is 85.2 Å². The molecular formula is C24H20N6O2. The molecule has 3 aromatic carbocycles. The van der Waals surface area contributed by atoms with Gasteiger partial charge >= 0.3 is 0 Å².